The zero-order valence-electron chi connectivity index (χ0n) is 31.2. The van der Waals surface area contributed by atoms with E-state index >= 15 is 0 Å². The summed E-state index contributed by atoms with van der Waals surface area (Å²) in [6, 6.07) is -3.63. The predicted molar refractivity (Wildman–Crippen MR) is 194 cm³/mol. The second-order valence-electron chi connectivity index (χ2n) is 17.2. The van der Waals surface area contributed by atoms with E-state index in [1.165, 1.54) is 19.9 Å². The monoisotopic (exact) mass is 735 g/mol. The summed E-state index contributed by atoms with van der Waals surface area (Å²) >= 11 is 0. The highest BCUT2D eigenvalue weighted by molar-refractivity contribution is 7.92. The molecule has 288 valence electrons. The molecule has 4 aliphatic rings. The molecule has 14 heteroatoms. The average molecular weight is 736 g/mol. The maximum atomic E-state index is 14.6. The number of nitrogens with one attached hydrogen (secondary N) is 4. The Morgan fingerprint density at radius 3 is 2.22 bits per heavy atom. The van der Waals surface area contributed by atoms with Gasteiger partial charge in [0.1, 0.15) is 12.1 Å². The fourth-order valence-electron chi connectivity index (χ4n) is 8.03. The van der Waals surface area contributed by atoms with Crippen molar-refractivity contribution < 1.29 is 37.5 Å². The SMILES string of the molecule is C=CCNC(=O)C(=O)[C@H](CCC1CC1)NC(=O)[C@@H]1[C@H]2CCC[C@H]2CN1C(=O)[C@@H](NC(=O)NC1(CS(=O)(=O)C(C)(C)CO)CCCCC1)C(C)(C)C. The summed E-state index contributed by atoms with van der Waals surface area (Å²) < 4.78 is 25.4. The van der Waals surface area contributed by atoms with Crippen molar-refractivity contribution in [2.45, 2.75) is 140 Å². The number of sulfone groups is 1. The van der Waals surface area contributed by atoms with E-state index in [-0.39, 0.29) is 24.1 Å². The van der Waals surface area contributed by atoms with Gasteiger partial charge in [0.25, 0.3) is 5.91 Å². The van der Waals surface area contributed by atoms with Crippen molar-refractivity contribution in [3.05, 3.63) is 12.7 Å². The van der Waals surface area contributed by atoms with Crippen molar-refractivity contribution >= 4 is 39.4 Å². The molecule has 0 spiro atoms. The van der Waals surface area contributed by atoms with Gasteiger partial charge in [0, 0.05) is 13.1 Å². The van der Waals surface area contributed by atoms with Gasteiger partial charge < -0.3 is 31.3 Å². The van der Waals surface area contributed by atoms with Gasteiger partial charge in [-0.05, 0) is 75.5 Å². The van der Waals surface area contributed by atoms with Crippen molar-refractivity contribution in [3.63, 3.8) is 0 Å². The molecular weight excluding hydrogens is 675 g/mol. The number of fused-ring (bicyclic) bond motifs is 1. The fourth-order valence-corrected chi connectivity index (χ4v) is 9.70. The van der Waals surface area contributed by atoms with Gasteiger partial charge in [-0.2, -0.15) is 0 Å². The number of amides is 5. The Bertz CT molecular complexity index is 1430. The summed E-state index contributed by atoms with van der Waals surface area (Å²) in [7, 11) is -3.82. The van der Waals surface area contributed by atoms with E-state index in [2.05, 4.69) is 27.8 Å². The van der Waals surface area contributed by atoms with Crippen LogP contribution in [0.3, 0.4) is 0 Å². The lowest BCUT2D eigenvalue weighted by molar-refractivity contribution is -0.144. The van der Waals surface area contributed by atoms with Gasteiger partial charge in [0.2, 0.25) is 17.6 Å². The van der Waals surface area contributed by atoms with Gasteiger partial charge in [-0.1, -0.05) is 65.4 Å². The molecule has 0 aromatic carbocycles. The molecule has 3 aliphatic carbocycles. The van der Waals surface area contributed by atoms with Crippen LogP contribution >= 0.6 is 0 Å². The van der Waals surface area contributed by atoms with Crippen LogP contribution in [0.25, 0.3) is 0 Å². The zero-order valence-corrected chi connectivity index (χ0v) is 32.0. The molecule has 4 rings (SSSR count). The minimum absolute atomic E-state index is 0.0845. The van der Waals surface area contributed by atoms with Crippen LogP contribution in [0.15, 0.2) is 12.7 Å². The van der Waals surface area contributed by atoms with Crippen molar-refractivity contribution in [1.29, 1.82) is 0 Å². The second kappa shape index (κ2) is 16.3. The summed E-state index contributed by atoms with van der Waals surface area (Å²) in [5, 5.41) is 21.0. The molecule has 5 amide bonds. The molecule has 5 atom stereocenters. The van der Waals surface area contributed by atoms with Gasteiger partial charge >= 0.3 is 6.03 Å². The number of likely N-dealkylation sites (tertiary alicyclic amines) is 1. The molecule has 4 fully saturated rings. The van der Waals surface area contributed by atoms with Gasteiger partial charge in [-0.15, -0.1) is 6.58 Å². The van der Waals surface area contributed by atoms with Crippen LogP contribution in [0.1, 0.15) is 112 Å². The Labute approximate surface area is 303 Å². The Morgan fingerprint density at radius 2 is 1.63 bits per heavy atom. The van der Waals surface area contributed by atoms with Gasteiger partial charge in [0.15, 0.2) is 9.84 Å². The van der Waals surface area contributed by atoms with E-state index in [0.29, 0.717) is 38.1 Å². The standard InChI is InChI=1S/C37H61N5O8S/c1-7-20-38-32(46)29(44)27(17-16-24-14-15-24)39-31(45)28-26-13-11-12-25(26)21-42(28)33(47)30(35(2,3)4)40-34(48)41-37(18-9-8-10-19-37)23-51(49,50)36(5,6)22-43/h7,24-28,30,43H,1,8-23H2,2-6H3,(H,38,46)(H,39,45)(H2,40,41,48)/t25-,26-,27-,28-,30+/m0/s1. The number of Topliss-reactive ketones (excluding diaryl/α,β-unsaturated/α-hetero) is 1. The van der Waals surface area contributed by atoms with Crippen LogP contribution in [0, 0.1) is 23.2 Å². The van der Waals surface area contributed by atoms with Crippen LogP contribution in [0.2, 0.25) is 0 Å². The third-order valence-electron chi connectivity index (χ3n) is 11.5. The highest BCUT2D eigenvalue weighted by Crippen LogP contribution is 2.43. The molecule has 5 N–H and O–H groups in total. The molecule has 51 heavy (non-hydrogen) atoms. The summed E-state index contributed by atoms with van der Waals surface area (Å²) in [6.07, 6.45) is 10.4. The van der Waals surface area contributed by atoms with Crippen molar-refractivity contribution in [3.8, 4) is 0 Å². The Kier molecular flexibility index (Phi) is 13.1. The normalized spacial score (nSPS) is 24.5. The second-order valence-corrected chi connectivity index (χ2v) is 19.8. The van der Waals surface area contributed by atoms with Gasteiger partial charge in [0.05, 0.1) is 28.7 Å². The number of urea groups is 1. The summed E-state index contributed by atoms with van der Waals surface area (Å²) in [5.41, 5.74) is -1.85. The van der Waals surface area contributed by atoms with Crippen LogP contribution in [-0.4, -0.2) is 102 Å². The van der Waals surface area contributed by atoms with Gasteiger partial charge in [-0.3, -0.25) is 19.2 Å². The first-order valence-electron chi connectivity index (χ1n) is 18.8. The summed E-state index contributed by atoms with van der Waals surface area (Å²) in [5.74, 6) is -2.32. The predicted octanol–water partition coefficient (Wildman–Crippen LogP) is 2.76. The molecule has 0 unspecified atom stereocenters. The zero-order chi connectivity index (χ0) is 37.8. The first-order chi connectivity index (χ1) is 23.8. The maximum Gasteiger partial charge on any atom is 0.315 e. The number of carbonyl (C=O) groups is 5. The maximum absolute atomic E-state index is 14.6. The van der Waals surface area contributed by atoms with E-state index in [4.69, 9.17) is 0 Å². The third-order valence-corrected chi connectivity index (χ3v) is 14.3. The molecule has 3 saturated carbocycles. The Hall–Kier alpha value is -3.00. The number of nitrogens with zero attached hydrogens (tertiary/aromatic N) is 1. The minimum Gasteiger partial charge on any atom is -0.395 e. The average Bonchev–Trinajstić information content (AvgIpc) is 3.66. The molecule has 1 saturated heterocycles. The number of hydrogen-bond donors (Lipinski definition) is 5. The molecule has 0 aromatic rings. The largest absolute Gasteiger partial charge is 0.395 e. The molecule has 1 heterocycles. The van der Waals surface area contributed by atoms with Gasteiger partial charge in [-0.25, -0.2) is 13.2 Å². The van der Waals surface area contributed by atoms with Crippen molar-refractivity contribution in [2.24, 2.45) is 23.2 Å². The number of carbonyl (C=O) groups excluding carboxylic acids is 5. The van der Waals surface area contributed by atoms with Crippen LogP contribution in [-0.2, 0) is 29.0 Å². The molecule has 13 nitrogen and oxygen atoms in total. The summed E-state index contributed by atoms with van der Waals surface area (Å²) in [4.78, 5) is 70.0. The Balaban J connectivity index is 1.55. The van der Waals surface area contributed by atoms with Crippen molar-refractivity contribution in [2.75, 3.05) is 25.4 Å². The fraction of sp³-hybridized carbons (Fsp3) is 0.811. The highest BCUT2D eigenvalue weighted by Gasteiger charge is 2.53. The molecular formula is C37H61N5O8S. The van der Waals surface area contributed by atoms with E-state index in [1.807, 2.05) is 20.8 Å². The third kappa shape index (κ3) is 9.91. The lowest BCUT2D eigenvalue weighted by atomic mass is 9.83. The molecule has 0 bridgehead atoms. The molecule has 0 aromatic heterocycles. The lowest BCUT2D eigenvalue weighted by Crippen LogP contribution is -2.64. The number of hydrogen-bond acceptors (Lipinski definition) is 8. The Morgan fingerprint density at radius 1 is 0.961 bits per heavy atom. The molecule has 0 radical (unpaired) electrons. The summed E-state index contributed by atoms with van der Waals surface area (Å²) in [6.45, 7) is 11.9. The lowest BCUT2D eigenvalue weighted by Gasteiger charge is -2.41. The van der Waals surface area contributed by atoms with Crippen LogP contribution in [0.4, 0.5) is 4.79 Å². The van der Waals surface area contributed by atoms with Crippen molar-refractivity contribution in [1.82, 2.24) is 26.2 Å². The minimum atomic E-state index is -3.82. The van der Waals surface area contributed by atoms with E-state index in [1.54, 1.807) is 4.90 Å². The smallest absolute Gasteiger partial charge is 0.315 e. The highest BCUT2D eigenvalue weighted by atomic mass is 32.2. The van der Waals surface area contributed by atoms with E-state index in [0.717, 1.165) is 51.4 Å². The topological polar surface area (TPSA) is 191 Å². The number of rotatable bonds is 16. The van der Waals surface area contributed by atoms with Crippen LogP contribution in [0.5, 0.6) is 0 Å². The number of aliphatic hydroxyl groups excluding tert-OH is 1. The first kappa shape index (κ1) is 40.8. The first-order valence-corrected chi connectivity index (χ1v) is 20.5. The van der Waals surface area contributed by atoms with Crippen LogP contribution < -0.4 is 21.3 Å². The number of ketones is 1. The molecule has 1 aliphatic heterocycles. The van der Waals surface area contributed by atoms with E-state index in [9.17, 15) is 37.5 Å². The number of aliphatic hydroxyl groups is 1. The quantitative estimate of drug-likeness (QED) is 0.118. The van der Waals surface area contributed by atoms with E-state index < -0.39 is 79.8 Å².